The van der Waals surface area contributed by atoms with E-state index in [1.165, 1.54) is 5.69 Å². The molecular weight excluding hydrogens is 336 g/mol. The molecule has 0 aliphatic heterocycles. The molecule has 0 atom stereocenters. The van der Waals surface area contributed by atoms with Crippen LogP contribution in [0, 0.1) is 0 Å². The molecule has 1 heterocycles. The number of carbonyl (C=O) groups is 1. The van der Waals surface area contributed by atoms with E-state index >= 15 is 0 Å². The van der Waals surface area contributed by atoms with Gasteiger partial charge in [0.05, 0.1) is 11.2 Å². The van der Waals surface area contributed by atoms with E-state index in [-0.39, 0.29) is 23.9 Å². The predicted octanol–water partition coefficient (Wildman–Crippen LogP) is 2.78. The zero-order valence-electron chi connectivity index (χ0n) is 14.3. The molecular formula is C19H25ClN4O. The third kappa shape index (κ3) is 3.18. The van der Waals surface area contributed by atoms with Crippen LogP contribution in [0.15, 0.2) is 30.3 Å². The van der Waals surface area contributed by atoms with E-state index < -0.39 is 0 Å². The fraction of sp³-hybridized carbons (Fsp3) is 0.474. The predicted molar refractivity (Wildman–Crippen MR) is 101 cm³/mol. The van der Waals surface area contributed by atoms with Crippen molar-refractivity contribution in [3.8, 4) is 5.69 Å². The number of carbonyl (C=O) groups excluding carboxylic acids is 1. The van der Waals surface area contributed by atoms with Crippen molar-refractivity contribution in [3.63, 3.8) is 0 Å². The summed E-state index contributed by atoms with van der Waals surface area (Å²) >= 11 is 0. The van der Waals surface area contributed by atoms with Gasteiger partial charge in [-0.2, -0.15) is 5.10 Å². The van der Waals surface area contributed by atoms with Crippen LogP contribution in [-0.4, -0.2) is 27.8 Å². The Labute approximate surface area is 154 Å². The Hall–Kier alpha value is -1.85. The maximum atomic E-state index is 12.9. The monoisotopic (exact) mass is 360 g/mol. The van der Waals surface area contributed by atoms with E-state index in [0.717, 1.165) is 56.2 Å². The SMILES string of the molecule is Cl.NCC1(NC(=O)c2nn(-c3ccccc3)c3c2CCC3)CCCC1. The van der Waals surface area contributed by atoms with Gasteiger partial charge in [0.1, 0.15) is 0 Å². The number of nitrogens with zero attached hydrogens (tertiary/aromatic N) is 2. The lowest BCUT2D eigenvalue weighted by Crippen LogP contribution is -2.51. The third-order valence-electron chi connectivity index (χ3n) is 5.48. The molecule has 1 aromatic carbocycles. The first-order valence-corrected chi connectivity index (χ1v) is 8.91. The van der Waals surface area contributed by atoms with E-state index in [4.69, 9.17) is 5.73 Å². The summed E-state index contributed by atoms with van der Waals surface area (Å²) in [7, 11) is 0. The first kappa shape index (κ1) is 18.0. The van der Waals surface area contributed by atoms with Gasteiger partial charge < -0.3 is 11.1 Å². The van der Waals surface area contributed by atoms with E-state index in [9.17, 15) is 4.79 Å². The topological polar surface area (TPSA) is 72.9 Å². The van der Waals surface area contributed by atoms with Crippen molar-refractivity contribution in [2.24, 2.45) is 5.73 Å². The van der Waals surface area contributed by atoms with Crippen LogP contribution in [0.25, 0.3) is 5.69 Å². The number of amides is 1. The molecule has 5 nitrogen and oxygen atoms in total. The van der Waals surface area contributed by atoms with Crippen molar-refractivity contribution in [2.45, 2.75) is 50.5 Å². The maximum Gasteiger partial charge on any atom is 0.272 e. The van der Waals surface area contributed by atoms with Gasteiger partial charge in [-0.05, 0) is 44.2 Å². The van der Waals surface area contributed by atoms with Gasteiger partial charge in [0, 0.05) is 17.8 Å². The molecule has 2 aromatic rings. The average molecular weight is 361 g/mol. The molecule has 2 aliphatic carbocycles. The maximum absolute atomic E-state index is 12.9. The second-order valence-electron chi connectivity index (χ2n) is 7.02. The Bertz CT molecular complexity index is 750. The second kappa shape index (κ2) is 7.18. The minimum Gasteiger partial charge on any atom is -0.344 e. The van der Waals surface area contributed by atoms with E-state index in [1.807, 2.05) is 35.0 Å². The minimum atomic E-state index is -0.237. The fourth-order valence-corrected chi connectivity index (χ4v) is 4.13. The molecule has 4 rings (SSSR count). The summed E-state index contributed by atoms with van der Waals surface area (Å²) in [5.41, 5.74) is 9.63. The molecule has 6 heteroatoms. The summed E-state index contributed by atoms with van der Waals surface area (Å²) in [4.78, 5) is 12.9. The molecule has 134 valence electrons. The van der Waals surface area contributed by atoms with E-state index in [0.29, 0.717) is 12.2 Å². The lowest BCUT2D eigenvalue weighted by atomic mass is 9.97. The number of aromatic nitrogens is 2. The first-order valence-electron chi connectivity index (χ1n) is 8.91. The number of rotatable bonds is 4. The van der Waals surface area contributed by atoms with Crippen molar-refractivity contribution in [1.29, 1.82) is 0 Å². The number of halogens is 1. The van der Waals surface area contributed by atoms with Crippen LogP contribution in [0.5, 0.6) is 0 Å². The lowest BCUT2D eigenvalue weighted by molar-refractivity contribution is 0.0896. The highest BCUT2D eigenvalue weighted by molar-refractivity contribution is 5.95. The molecule has 3 N–H and O–H groups in total. The molecule has 1 fully saturated rings. The van der Waals surface area contributed by atoms with Crippen LogP contribution in [-0.2, 0) is 12.8 Å². The molecule has 25 heavy (non-hydrogen) atoms. The zero-order chi connectivity index (χ0) is 16.6. The molecule has 2 aliphatic rings. The number of para-hydroxylation sites is 1. The zero-order valence-corrected chi connectivity index (χ0v) is 15.1. The molecule has 0 radical (unpaired) electrons. The Kier molecular flexibility index (Phi) is 5.16. The van der Waals surface area contributed by atoms with E-state index in [1.54, 1.807) is 0 Å². The quantitative estimate of drug-likeness (QED) is 0.880. The Morgan fingerprint density at radius 2 is 1.88 bits per heavy atom. The first-order chi connectivity index (χ1) is 11.7. The standard InChI is InChI=1S/C19H24N4O.ClH/c20-13-19(11-4-5-12-19)21-18(24)17-15-9-6-10-16(15)23(22-17)14-7-2-1-3-8-14;/h1-3,7-8H,4-6,9-13,20H2,(H,21,24);1H. The van der Waals surface area contributed by atoms with Crippen molar-refractivity contribution < 1.29 is 4.79 Å². The summed E-state index contributed by atoms with van der Waals surface area (Å²) in [5.74, 6) is -0.0600. The summed E-state index contributed by atoms with van der Waals surface area (Å²) in [5, 5.41) is 7.89. The number of benzene rings is 1. The van der Waals surface area contributed by atoms with Crippen molar-refractivity contribution in [3.05, 3.63) is 47.3 Å². The molecule has 1 aromatic heterocycles. The van der Waals surface area contributed by atoms with Crippen LogP contribution in [0.2, 0.25) is 0 Å². The third-order valence-corrected chi connectivity index (χ3v) is 5.48. The molecule has 0 saturated heterocycles. The number of hydrogen-bond donors (Lipinski definition) is 2. The van der Waals surface area contributed by atoms with Crippen molar-refractivity contribution in [2.75, 3.05) is 6.54 Å². The van der Waals surface area contributed by atoms with Gasteiger partial charge in [0.2, 0.25) is 0 Å². The Balaban J connectivity index is 0.00000182. The van der Waals surface area contributed by atoms with Gasteiger partial charge in [-0.25, -0.2) is 4.68 Å². The van der Waals surface area contributed by atoms with Crippen LogP contribution in [0.3, 0.4) is 0 Å². The molecule has 0 spiro atoms. The highest BCUT2D eigenvalue weighted by Crippen LogP contribution is 2.31. The molecule has 1 amide bonds. The van der Waals surface area contributed by atoms with Gasteiger partial charge in [-0.15, -0.1) is 12.4 Å². The second-order valence-corrected chi connectivity index (χ2v) is 7.02. The Morgan fingerprint density at radius 1 is 1.16 bits per heavy atom. The minimum absolute atomic E-state index is 0. The van der Waals surface area contributed by atoms with Gasteiger partial charge in [0.25, 0.3) is 5.91 Å². The molecule has 0 bridgehead atoms. The largest absolute Gasteiger partial charge is 0.344 e. The average Bonchev–Trinajstić information content (AvgIpc) is 3.32. The normalized spacial score (nSPS) is 17.8. The van der Waals surface area contributed by atoms with Gasteiger partial charge in [-0.3, -0.25) is 4.79 Å². The fourth-order valence-electron chi connectivity index (χ4n) is 4.13. The number of fused-ring (bicyclic) bond motifs is 1. The van der Waals surface area contributed by atoms with Gasteiger partial charge in [0.15, 0.2) is 5.69 Å². The van der Waals surface area contributed by atoms with Crippen LogP contribution in [0.4, 0.5) is 0 Å². The van der Waals surface area contributed by atoms with Crippen molar-refractivity contribution in [1.82, 2.24) is 15.1 Å². The molecule has 1 saturated carbocycles. The van der Waals surface area contributed by atoms with Crippen LogP contribution in [0.1, 0.15) is 53.8 Å². The summed E-state index contributed by atoms with van der Waals surface area (Å²) in [6.45, 7) is 0.500. The van der Waals surface area contributed by atoms with E-state index in [2.05, 4.69) is 10.4 Å². The smallest absolute Gasteiger partial charge is 0.272 e. The lowest BCUT2D eigenvalue weighted by Gasteiger charge is -2.28. The van der Waals surface area contributed by atoms with Gasteiger partial charge >= 0.3 is 0 Å². The van der Waals surface area contributed by atoms with Gasteiger partial charge in [-0.1, -0.05) is 31.0 Å². The summed E-state index contributed by atoms with van der Waals surface area (Å²) in [6, 6.07) is 10.1. The van der Waals surface area contributed by atoms with Crippen molar-refractivity contribution >= 4 is 18.3 Å². The highest BCUT2D eigenvalue weighted by Gasteiger charge is 2.36. The van der Waals surface area contributed by atoms with Crippen LogP contribution < -0.4 is 11.1 Å². The highest BCUT2D eigenvalue weighted by atomic mass is 35.5. The number of hydrogen-bond acceptors (Lipinski definition) is 3. The Morgan fingerprint density at radius 3 is 2.56 bits per heavy atom. The van der Waals surface area contributed by atoms with Crippen LogP contribution >= 0.6 is 12.4 Å². The number of nitrogens with one attached hydrogen (secondary N) is 1. The summed E-state index contributed by atoms with van der Waals surface area (Å²) in [6.07, 6.45) is 7.20. The molecule has 0 unspecified atom stereocenters. The summed E-state index contributed by atoms with van der Waals surface area (Å²) < 4.78 is 1.95. The number of nitrogens with two attached hydrogens (primary N) is 1.